The largest absolute Gasteiger partial charge is 0.493 e. The molecular formula is C16H22O4. The van der Waals surface area contributed by atoms with Crippen LogP contribution in [0.15, 0.2) is 12.1 Å². The van der Waals surface area contributed by atoms with Crippen LogP contribution < -0.4 is 4.74 Å². The summed E-state index contributed by atoms with van der Waals surface area (Å²) in [7, 11) is 0. The van der Waals surface area contributed by atoms with Gasteiger partial charge in [-0.25, -0.2) is 4.79 Å². The molecule has 0 heterocycles. The minimum atomic E-state index is -0.814. The summed E-state index contributed by atoms with van der Waals surface area (Å²) in [6.07, 6.45) is 0. The summed E-state index contributed by atoms with van der Waals surface area (Å²) in [6.45, 7) is 10.3. The number of hydrogen-bond acceptors (Lipinski definition) is 4. The minimum Gasteiger partial charge on any atom is -0.493 e. The highest BCUT2D eigenvalue weighted by atomic mass is 16.5. The maximum Gasteiger partial charge on any atom is 0.379 e. The summed E-state index contributed by atoms with van der Waals surface area (Å²) in [4.78, 5) is 23.5. The number of esters is 1. The van der Waals surface area contributed by atoms with E-state index in [1.165, 1.54) is 0 Å². The standard InChI is InChI=1S/C16H22O4/c1-6-19-16(18)15(17)13-7-12(5)14(8-11(13)4)20-9-10(2)3/h7-8,10H,6,9H2,1-5H3. The van der Waals surface area contributed by atoms with Crippen molar-refractivity contribution in [3.05, 3.63) is 28.8 Å². The molecule has 0 bridgehead atoms. The molecule has 110 valence electrons. The van der Waals surface area contributed by atoms with Crippen LogP contribution in [0.25, 0.3) is 0 Å². The first-order valence-electron chi connectivity index (χ1n) is 6.82. The molecule has 0 radical (unpaired) electrons. The number of aryl methyl sites for hydroxylation is 2. The predicted molar refractivity (Wildman–Crippen MR) is 77.2 cm³/mol. The quantitative estimate of drug-likeness (QED) is 0.456. The van der Waals surface area contributed by atoms with E-state index in [0.29, 0.717) is 23.7 Å². The number of Topliss-reactive ketones (excluding diaryl/α,β-unsaturated/α-hetero) is 1. The third-order valence-corrected chi connectivity index (χ3v) is 2.80. The summed E-state index contributed by atoms with van der Waals surface area (Å²) in [5, 5.41) is 0. The molecule has 0 fully saturated rings. The number of ketones is 1. The minimum absolute atomic E-state index is 0.193. The molecule has 0 aliphatic heterocycles. The first kappa shape index (κ1) is 16.2. The Hall–Kier alpha value is -1.84. The zero-order valence-electron chi connectivity index (χ0n) is 12.8. The van der Waals surface area contributed by atoms with Gasteiger partial charge >= 0.3 is 5.97 Å². The maximum atomic E-state index is 12.0. The zero-order chi connectivity index (χ0) is 15.3. The van der Waals surface area contributed by atoms with Crippen LogP contribution in [0.5, 0.6) is 5.75 Å². The summed E-state index contributed by atoms with van der Waals surface area (Å²) < 4.78 is 10.4. The number of rotatable bonds is 6. The lowest BCUT2D eigenvalue weighted by molar-refractivity contribution is -0.137. The Morgan fingerprint density at radius 1 is 1.15 bits per heavy atom. The highest BCUT2D eigenvalue weighted by Gasteiger charge is 2.20. The smallest absolute Gasteiger partial charge is 0.379 e. The van der Waals surface area contributed by atoms with Crippen LogP contribution in [-0.2, 0) is 9.53 Å². The fraction of sp³-hybridized carbons (Fsp3) is 0.500. The van der Waals surface area contributed by atoms with Crippen molar-refractivity contribution in [3.8, 4) is 5.75 Å². The van der Waals surface area contributed by atoms with Gasteiger partial charge in [-0.3, -0.25) is 4.79 Å². The lowest BCUT2D eigenvalue weighted by atomic mass is 10.0. The van der Waals surface area contributed by atoms with Crippen molar-refractivity contribution in [2.24, 2.45) is 5.92 Å². The fourth-order valence-electron chi connectivity index (χ4n) is 1.75. The van der Waals surface area contributed by atoms with Crippen LogP contribution in [0.1, 0.15) is 42.3 Å². The van der Waals surface area contributed by atoms with Crippen LogP contribution in [0.3, 0.4) is 0 Å². The highest BCUT2D eigenvalue weighted by molar-refractivity contribution is 6.41. The van der Waals surface area contributed by atoms with Gasteiger partial charge in [0.2, 0.25) is 0 Å². The zero-order valence-corrected chi connectivity index (χ0v) is 12.8. The molecule has 4 heteroatoms. The second-order valence-corrected chi connectivity index (χ2v) is 5.19. The van der Waals surface area contributed by atoms with Crippen molar-refractivity contribution < 1.29 is 19.1 Å². The van der Waals surface area contributed by atoms with E-state index in [0.717, 1.165) is 11.3 Å². The van der Waals surface area contributed by atoms with Crippen LogP contribution in [-0.4, -0.2) is 25.0 Å². The Bertz CT molecular complexity index is 503. The Labute approximate surface area is 120 Å². The molecule has 0 atom stereocenters. The van der Waals surface area contributed by atoms with Gasteiger partial charge in [0, 0.05) is 5.56 Å². The van der Waals surface area contributed by atoms with Crippen molar-refractivity contribution in [3.63, 3.8) is 0 Å². The fourth-order valence-corrected chi connectivity index (χ4v) is 1.75. The molecule has 0 aliphatic rings. The van der Waals surface area contributed by atoms with E-state index in [1.807, 2.05) is 6.92 Å². The van der Waals surface area contributed by atoms with E-state index in [2.05, 4.69) is 13.8 Å². The molecule has 4 nitrogen and oxygen atoms in total. The van der Waals surface area contributed by atoms with E-state index in [-0.39, 0.29) is 6.61 Å². The molecule has 0 saturated carbocycles. The molecule has 0 aromatic heterocycles. The van der Waals surface area contributed by atoms with Crippen molar-refractivity contribution in [1.82, 2.24) is 0 Å². The van der Waals surface area contributed by atoms with Gasteiger partial charge in [0.05, 0.1) is 13.2 Å². The molecule has 20 heavy (non-hydrogen) atoms. The maximum absolute atomic E-state index is 12.0. The number of ether oxygens (including phenoxy) is 2. The Morgan fingerprint density at radius 3 is 2.35 bits per heavy atom. The van der Waals surface area contributed by atoms with Gasteiger partial charge in [0.25, 0.3) is 5.78 Å². The number of carbonyl (C=O) groups is 2. The van der Waals surface area contributed by atoms with E-state index >= 15 is 0 Å². The first-order valence-corrected chi connectivity index (χ1v) is 6.82. The van der Waals surface area contributed by atoms with Crippen molar-refractivity contribution >= 4 is 11.8 Å². The Kier molecular flexibility index (Phi) is 5.74. The van der Waals surface area contributed by atoms with Crippen LogP contribution in [0, 0.1) is 19.8 Å². The normalized spacial score (nSPS) is 10.5. The van der Waals surface area contributed by atoms with Crippen molar-refractivity contribution in [2.75, 3.05) is 13.2 Å². The molecule has 0 saturated heterocycles. The van der Waals surface area contributed by atoms with Gasteiger partial charge in [-0.05, 0) is 49.9 Å². The molecule has 1 rings (SSSR count). The van der Waals surface area contributed by atoms with Gasteiger partial charge < -0.3 is 9.47 Å². The van der Waals surface area contributed by atoms with E-state index in [9.17, 15) is 9.59 Å². The predicted octanol–water partition coefficient (Wildman–Crippen LogP) is 3.08. The molecular weight excluding hydrogens is 256 g/mol. The van der Waals surface area contributed by atoms with Crippen molar-refractivity contribution in [2.45, 2.75) is 34.6 Å². The van der Waals surface area contributed by atoms with Crippen LogP contribution in [0.2, 0.25) is 0 Å². The van der Waals surface area contributed by atoms with Gasteiger partial charge in [0.15, 0.2) is 0 Å². The molecule has 0 amide bonds. The highest BCUT2D eigenvalue weighted by Crippen LogP contribution is 2.24. The SMILES string of the molecule is CCOC(=O)C(=O)c1cc(C)c(OCC(C)C)cc1C. The van der Waals surface area contributed by atoms with E-state index in [4.69, 9.17) is 9.47 Å². The van der Waals surface area contributed by atoms with Gasteiger partial charge in [-0.15, -0.1) is 0 Å². The van der Waals surface area contributed by atoms with E-state index < -0.39 is 11.8 Å². The molecule has 0 aliphatic carbocycles. The number of carbonyl (C=O) groups excluding carboxylic acids is 2. The third-order valence-electron chi connectivity index (χ3n) is 2.80. The average molecular weight is 278 g/mol. The Balaban J connectivity index is 2.98. The summed E-state index contributed by atoms with van der Waals surface area (Å²) in [5.41, 5.74) is 1.93. The molecule has 0 N–H and O–H groups in total. The summed E-state index contributed by atoms with van der Waals surface area (Å²) >= 11 is 0. The van der Waals surface area contributed by atoms with Crippen molar-refractivity contribution in [1.29, 1.82) is 0 Å². The number of benzene rings is 1. The molecule has 0 spiro atoms. The van der Waals surface area contributed by atoms with Gasteiger partial charge in [-0.2, -0.15) is 0 Å². The summed E-state index contributed by atoms with van der Waals surface area (Å²) in [6, 6.07) is 3.48. The molecule has 1 aromatic rings. The number of hydrogen-bond donors (Lipinski definition) is 0. The lowest BCUT2D eigenvalue weighted by Gasteiger charge is -2.14. The second kappa shape index (κ2) is 7.08. The second-order valence-electron chi connectivity index (χ2n) is 5.19. The molecule has 1 aromatic carbocycles. The lowest BCUT2D eigenvalue weighted by Crippen LogP contribution is -2.19. The first-order chi connectivity index (χ1) is 9.36. The van der Waals surface area contributed by atoms with E-state index in [1.54, 1.807) is 26.0 Å². The van der Waals surface area contributed by atoms with Crippen LogP contribution in [0.4, 0.5) is 0 Å². The van der Waals surface area contributed by atoms with Crippen LogP contribution >= 0.6 is 0 Å². The van der Waals surface area contributed by atoms with Gasteiger partial charge in [-0.1, -0.05) is 13.8 Å². The molecule has 0 unspecified atom stereocenters. The average Bonchev–Trinajstić information content (AvgIpc) is 2.38. The topological polar surface area (TPSA) is 52.6 Å². The monoisotopic (exact) mass is 278 g/mol. The van der Waals surface area contributed by atoms with Gasteiger partial charge in [0.1, 0.15) is 5.75 Å². The summed E-state index contributed by atoms with van der Waals surface area (Å²) in [5.74, 6) is -0.249. The Morgan fingerprint density at radius 2 is 1.80 bits per heavy atom. The third kappa shape index (κ3) is 4.08.